The third kappa shape index (κ3) is 5.53. The lowest BCUT2D eigenvalue weighted by Gasteiger charge is -2.15. The molecule has 1 aromatic rings. The van der Waals surface area contributed by atoms with Crippen LogP contribution < -0.4 is 5.32 Å². The molecule has 0 heterocycles. The van der Waals surface area contributed by atoms with Gasteiger partial charge < -0.3 is 10.4 Å². The summed E-state index contributed by atoms with van der Waals surface area (Å²) in [6.07, 6.45) is 3.28. The Hall–Kier alpha value is -0.550. The van der Waals surface area contributed by atoms with Crippen molar-refractivity contribution in [2.45, 2.75) is 26.2 Å². The normalized spacial score (nSPS) is 12.2. The van der Waals surface area contributed by atoms with Crippen molar-refractivity contribution in [1.29, 1.82) is 0 Å². The number of alkyl halides is 1. The molecule has 19 heavy (non-hydrogen) atoms. The van der Waals surface area contributed by atoms with Gasteiger partial charge in [-0.05, 0) is 52.9 Å². The lowest BCUT2D eigenvalue weighted by Crippen LogP contribution is -2.29. The van der Waals surface area contributed by atoms with Crippen LogP contribution in [0.4, 0.5) is 0 Å². The third-order valence-corrected chi connectivity index (χ3v) is 4.10. The molecule has 0 aliphatic carbocycles. The fourth-order valence-corrected chi connectivity index (χ4v) is 2.80. The summed E-state index contributed by atoms with van der Waals surface area (Å²) < 4.78 is 0.590. The van der Waals surface area contributed by atoms with Gasteiger partial charge in [0.2, 0.25) is 0 Å². The zero-order valence-corrected chi connectivity index (χ0v) is 14.1. The molecule has 2 N–H and O–H groups in total. The molecule has 106 valence electrons. The number of halogens is 2. The fraction of sp³-hybridized carbons (Fsp3) is 0.500. The number of carbonyl (C=O) groups excluding carboxylic acids is 1. The number of rotatable bonds is 7. The topological polar surface area (TPSA) is 49.3 Å². The summed E-state index contributed by atoms with van der Waals surface area (Å²) in [5.41, 5.74) is 0.481. The van der Waals surface area contributed by atoms with Crippen LogP contribution in [-0.4, -0.2) is 22.9 Å². The highest BCUT2D eigenvalue weighted by atomic mass is 79.9. The van der Waals surface area contributed by atoms with Crippen LogP contribution in [-0.2, 0) is 0 Å². The van der Waals surface area contributed by atoms with E-state index in [1.165, 1.54) is 6.07 Å². The Balaban J connectivity index is 2.56. The van der Waals surface area contributed by atoms with E-state index < -0.39 is 0 Å². The average Bonchev–Trinajstić information content (AvgIpc) is 2.39. The molecule has 1 amide bonds. The summed E-state index contributed by atoms with van der Waals surface area (Å²) in [6, 6.07) is 4.84. The number of phenols is 1. The Kier molecular flexibility index (Phi) is 7.46. The maximum atomic E-state index is 12.0. The van der Waals surface area contributed by atoms with Crippen molar-refractivity contribution in [2.24, 2.45) is 5.92 Å². The van der Waals surface area contributed by atoms with Crippen molar-refractivity contribution >= 4 is 37.8 Å². The van der Waals surface area contributed by atoms with E-state index in [2.05, 4.69) is 44.1 Å². The van der Waals surface area contributed by atoms with E-state index in [1.54, 1.807) is 12.1 Å². The highest BCUT2D eigenvalue weighted by molar-refractivity contribution is 9.10. The molecule has 0 aliphatic heterocycles. The van der Waals surface area contributed by atoms with E-state index in [0.29, 0.717) is 22.5 Å². The summed E-state index contributed by atoms with van der Waals surface area (Å²) in [5.74, 6) is 0.439. The minimum atomic E-state index is -0.140. The number of aromatic hydroxyl groups is 1. The van der Waals surface area contributed by atoms with E-state index in [-0.39, 0.29) is 11.7 Å². The van der Waals surface area contributed by atoms with E-state index in [9.17, 15) is 9.90 Å². The van der Waals surface area contributed by atoms with Gasteiger partial charge in [0.05, 0.1) is 4.47 Å². The molecule has 0 spiro atoms. The number of nitrogens with one attached hydrogen (secondary N) is 1. The monoisotopic (exact) mass is 391 g/mol. The molecule has 1 rings (SSSR count). The zero-order valence-electron chi connectivity index (χ0n) is 11.0. The lowest BCUT2D eigenvalue weighted by atomic mass is 10.0. The molecule has 1 aromatic carbocycles. The number of amides is 1. The first kappa shape index (κ1) is 16.5. The second kappa shape index (κ2) is 8.59. The van der Waals surface area contributed by atoms with Gasteiger partial charge in [0.1, 0.15) is 5.75 Å². The first-order chi connectivity index (χ1) is 9.08. The quantitative estimate of drug-likeness (QED) is 0.686. The van der Waals surface area contributed by atoms with Crippen molar-refractivity contribution < 1.29 is 9.90 Å². The second-order valence-corrected chi connectivity index (χ2v) is 6.16. The first-order valence-corrected chi connectivity index (χ1v) is 8.32. The smallest absolute Gasteiger partial charge is 0.251 e. The summed E-state index contributed by atoms with van der Waals surface area (Å²) in [4.78, 5) is 12.0. The number of phenolic OH excluding ortho intramolecular Hbond substituents is 1. The van der Waals surface area contributed by atoms with Crippen molar-refractivity contribution in [1.82, 2.24) is 5.32 Å². The van der Waals surface area contributed by atoms with Gasteiger partial charge in [0.15, 0.2) is 0 Å². The molecule has 0 aromatic heterocycles. The molecule has 0 radical (unpaired) electrons. The van der Waals surface area contributed by atoms with Crippen molar-refractivity contribution in [3.8, 4) is 5.75 Å². The van der Waals surface area contributed by atoms with Crippen molar-refractivity contribution in [3.63, 3.8) is 0 Å². The number of hydrogen-bond acceptors (Lipinski definition) is 2. The molecule has 0 aliphatic rings. The Morgan fingerprint density at radius 1 is 1.42 bits per heavy atom. The first-order valence-electron chi connectivity index (χ1n) is 6.41. The van der Waals surface area contributed by atoms with Gasteiger partial charge in [0.25, 0.3) is 5.91 Å². The Labute approximate surface area is 131 Å². The molecule has 0 fully saturated rings. The second-order valence-electron chi connectivity index (χ2n) is 4.51. The van der Waals surface area contributed by atoms with Crippen LogP contribution in [0.5, 0.6) is 5.75 Å². The Morgan fingerprint density at radius 3 is 2.74 bits per heavy atom. The maximum Gasteiger partial charge on any atom is 0.251 e. The zero-order chi connectivity index (χ0) is 14.3. The average molecular weight is 393 g/mol. The summed E-state index contributed by atoms with van der Waals surface area (Å²) >= 11 is 6.63. The molecular weight excluding hydrogens is 374 g/mol. The molecule has 3 nitrogen and oxygen atoms in total. The van der Waals surface area contributed by atoms with Crippen LogP contribution >= 0.6 is 31.9 Å². The standard InChI is InChI=1S/C14H19Br2NO2/c1-2-3-10(6-7-15)9-17-14(19)11-4-5-12(16)13(18)8-11/h4-5,8,10,18H,2-3,6-7,9H2,1H3,(H,17,19). The number of benzene rings is 1. The summed E-state index contributed by atoms with van der Waals surface area (Å²) in [6.45, 7) is 2.82. The lowest BCUT2D eigenvalue weighted by molar-refractivity contribution is 0.0945. The van der Waals surface area contributed by atoms with Gasteiger partial charge in [-0.1, -0.05) is 29.3 Å². The molecule has 0 saturated carbocycles. The van der Waals surface area contributed by atoms with Crippen molar-refractivity contribution in [3.05, 3.63) is 28.2 Å². The van der Waals surface area contributed by atoms with Crippen LogP contribution in [0.3, 0.4) is 0 Å². The molecule has 5 heteroatoms. The highest BCUT2D eigenvalue weighted by Gasteiger charge is 2.11. The van der Waals surface area contributed by atoms with Gasteiger partial charge in [-0.3, -0.25) is 4.79 Å². The van der Waals surface area contributed by atoms with E-state index in [4.69, 9.17) is 0 Å². The fourth-order valence-electron chi connectivity index (χ4n) is 1.90. The van der Waals surface area contributed by atoms with Crippen molar-refractivity contribution in [2.75, 3.05) is 11.9 Å². The van der Waals surface area contributed by atoms with Crippen LogP contribution in [0, 0.1) is 5.92 Å². The molecular formula is C14H19Br2NO2. The molecule has 0 saturated heterocycles. The number of carbonyl (C=O) groups is 1. The van der Waals surface area contributed by atoms with E-state index in [0.717, 1.165) is 24.6 Å². The highest BCUT2D eigenvalue weighted by Crippen LogP contribution is 2.24. The molecule has 1 unspecified atom stereocenters. The van der Waals surface area contributed by atoms with E-state index >= 15 is 0 Å². The van der Waals surface area contributed by atoms with Gasteiger partial charge in [-0.25, -0.2) is 0 Å². The minimum absolute atomic E-state index is 0.0817. The Morgan fingerprint density at radius 2 is 2.16 bits per heavy atom. The Bertz CT molecular complexity index is 418. The van der Waals surface area contributed by atoms with Gasteiger partial charge in [0, 0.05) is 17.4 Å². The van der Waals surface area contributed by atoms with E-state index in [1.807, 2.05) is 0 Å². The largest absolute Gasteiger partial charge is 0.507 e. The van der Waals surface area contributed by atoms with Gasteiger partial charge in [-0.15, -0.1) is 0 Å². The van der Waals surface area contributed by atoms with Crippen LogP contribution in [0.1, 0.15) is 36.5 Å². The summed E-state index contributed by atoms with van der Waals surface area (Å²) in [5, 5.41) is 13.4. The minimum Gasteiger partial charge on any atom is -0.507 e. The predicted octanol–water partition coefficient (Wildman–Crippen LogP) is 4.09. The van der Waals surface area contributed by atoms with Crippen LogP contribution in [0.15, 0.2) is 22.7 Å². The van der Waals surface area contributed by atoms with Crippen LogP contribution in [0.25, 0.3) is 0 Å². The van der Waals surface area contributed by atoms with Gasteiger partial charge in [-0.2, -0.15) is 0 Å². The maximum absolute atomic E-state index is 12.0. The number of hydrogen-bond donors (Lipinski definition) is 2. The third-order valence-electron chi connectivity index (χ3n) is 2.97. The summed E-state index contributed by atoms with van der Waals surface area (Å²) in [7, 11) is 0. The SMILES string of the molecule is CCCC(CCBr)CNC(=O)c1ccc(Br)c(O)c1. The predicted molar refractivity (Wildman–Crippen MR) is 84.9 cm³/mol. The van der Waals surface area contributed by atoms with Crippen LogP contribution in [0.2, 0.25) is 0 Å². The van der Waals surface area contributed by atoms with Gasteiger partial charge >= 0.3 is 0 Å². The molecule has 1 atom stereocenters. The molecule has 0 bridgehead atoms.